The lowest BCUT2D eigenvalue weighted by atomic mass is 10.2. The first-order valence-electron chi connectivity index (χ1n) is 5.93. The normalized spacial score (nSPS) is 10.8. The van der Waals surface area contributed by atoms with Gasteiger partial charge in [0.1, 0.15) is 5.15 Å². The van der Waals surface area contributed by atoms with Crippen LogP contribution in [0, 0.1) is 0 Å². The van der Waals surface area contributed by atoms with E-state index in [2.05, 4.69) is 4.98 Å². The molecule has 2 heterocycles. The molecule has 0 N–H and O–H groups in total. The van der Waals surface area contributed by atoms with Gasteiger partial charge in [-0.2, -0.15) is 0 Å². The second-order valence-electron chi connectivity index (χ2n) is 4.28. The Hall–Kier alpha value is -2.13. The molecule has 3 rings (SSSR count). The molecular formula is C15H11ClN2O. The summed E-state index contributed by atoms with van der Waals surface area (Å²) in [4.78, 5) is 15.9. The summed E-state index contributed by atoms with van der Waals surface area (Å²) in [6.45, 7) is 0.591. The van der Waals surface area contributed by atoms with Crippen molar-refractivity contribution in [3.8, 4) is 0 Å². The molecule has 0 radical (unpaired) electrons. The third-order valence-electron chi connectivity index (χ3n) is 3.06. The van der Waals surface area contributed by atoms with Crippen molar-refractivity contribution in [2.24, 2.45) is 0 Å². The molecule has 19 heavy (non-hydrogen) atoms. The van der Waals surface area contributed by atoms with E-state index >= 15 is 0 Å². The predicted octanol–water partition coefficient (Wildman–Crippen LogP) is 3.10. The quantitative estimate of drug-likeness (QED) is 0.671. The van der Waals surface area contributed by atoms with Crippen LogP contribution in [0.25, 0.3) is 10.9 Å². The van der Waals surface area contributed by atoms with E-state index in [0.717, 1.165) is 11.1 Å². The van der Waals surface area contributed by atoms with E-state index in [4.69, 9.17) is 11.6 Å². The molecule has 3 nitrogen and oxygen atoms in total. The van der Waals surface area contributed by atoms with Gasteiger partial charge in [-0.1, -0.05) is 29.8 Å². The van der Waals surface area contributed by atoms with Crippen LogP contribution in [0.5, 0.6) is 0 Å². The average Bonchev–Trinajstić information content (AvgIpc) is 2.44. The number of rotatable bonds is 2. The summed E-state index contributed by atoms with van der Waals surface area (Å²) in [7, 11) is 0. The van der Waals surface area contributed by atoms with Crippen LogP contribution in [0.3, 0.4) is 0 Å². The Morgan fingerprint density at radius 3 is 2.79 bits per heavy atom. The van der Waals surface area contributed by atoms with E-state index < -0.39 is 0 Å². The molecule has 94 valence electrons. The van der Waals surface area contributed by atoms with Crippen molar-refractivity contribution >= 4 is 22.5 Å². The first-order valence-corrected chi connectivity index (χ1v) is 6.31. The van der Waals surface area contributed by atoms with Gasteiger partial charge in [0.2, 0.25) is 0 Å². The van der Waals surface area contributed by atoms with Crippen LogP contribution in [-0.2, 0) is 6.54 Å². The SMILES string of the molecule is O=c1ccn(Cc2cccnc2Cl)c2ccccc12. The second kappa shape index (κ2) is 4.86. The minimum atomic E-state index is 0.0316. The molecule has 1 aromatic carbocycles. The maximum Gasteiger partial charge on any atom is 0.189 e. The Labute approximate surface area is 115 Å². The summed E-state index contributed by atoms with van der Waals surface area (Å²) in [6.07, 6.45) is 3.45. The molecule has 3 aromatic rings. The number of benzene rings is 1. The Balaban J connectivity index is 2.14. The minimum absolute atomic E-state index is 0.0316. The fourth-order valence-corrected chi connectivity index (χ4v) is 2.30. The number of pyridine rings is 2. The lowest BCUT2D eigenvalue weighted by Gasteiger charge is -2.11. The molecule has 0 fully saturated rings. The standard InChI is InChI=1S/C15H11ClN2O/c16-15-11(4-3-8-17-15)10-18-9-7-14(19)12-5-1-2-6-13(12)18/h1-9H,10H2. The van der Waals surface area contributed by atoms with E-state index in [1.54, 1.807) is 18.5 Å². The molecule has 0 aliphatic heterocycles. The van der Waals surface area contributed by atoms with E-state index in [0.29, 0.717) is 17.1 Å². The van der Waals surface area contributed by atoms with Crippen molar-refractivity contribution in [3.05, 3.63) is 75.8 Å². The van der Waals surface area contributed by atoms with Crippen molar-refractivity contribution in [1.82, 2.24) is 9.55 Å². The Kier molecular flexibility index (Phi) is 3.05. The van der Waals surface area contributed by atoms with Gasteiger partial charge in [0.25, 0.3) is 0 Å². The molecule has 0 unspecified atom stereocenters. The lowest BCUT2D eigenvalue weighted by Crippen LogP contribution is -2.09. The van der Waals surface area contributed by atoms with Crippen LogP contribution in [0.1, 0.15) is 5.56 Å². The van der Waals surface area contributed by atoms with Crippen molar-refractivity contribution in [3.63, 3.8) is 0 Å². The van der Waals surface area contributed by atoms with Gasteiger partial charge in [-0.25, -0.2) is 4.98 Å². The summed E-state index contributed by atoms with van der Waals surface area (Å²) < 4.78 is 2.00. The van der Waals surface area contributed by atoms with Crippen molar-refractivity contribution in [2.45, 2.75) is 6.54 Å². The monoisotopic (exact) mass is 270 g/mol. The molecule has 0 aliphatic carbocycles. The molecule has 0 spiro atoms. The van der Waals surface area contributed by atoms with E-state index in [-0.39, 0.29) is 5.43 Å². The van der Waals surface area contributed by atoms with E-state index in [9.17, 15) is 4.79 Å². The lowest BCUT2D eigenvalue weighted by molar-refractivity contribution is 0.821. The summed E-state index contributed by atoms with van der Waals surface area (Å²) in [5.74, 6) is 0. The number of halogens is 1. The third kappa shape index (κ3) is 2.25. The first kappa shape index (κ1) is 11.9. The molecule has 4 heteroatoms. The van der Waals surface area contributed by atoms with Crippen LogP contribution >= 0.6 is 11.6 Å². The van der Waals surface area contributed by atoms with Crippen molar-refractivity contribution in [2.75, 3.05) is 0 Å². The van der Waals surface area contributed by atoms with Gasteiger partial charge in [-0.15, -0.1) is 0 Å². The fourth-order valence-electron chi connectivity index (χ4n) is 2.12. The number of nitrogens with zero attached hydrogens (tertiary/aromatic N) is 2. The fraction of sp³-hybridized carbons (Fsp3) is 0.0667. The topological polar surface area (TPSA) is 34.9 Å². The molecule has 0 saturated heterocycles. The second-order valence-corrected chi connectivity index (χ2v) is 4.64. The number of fused-ring (bicyclic) bond motifs is 1. The van der Waals surface area contributed by atoms with E-state index in [1.165, 1.54) is 0 Å². The summed E-state index contributed by atoms with van der Waals surface area (Å²) in [6, 6.07) is 12.9. The van der Waals surface area contributed by atoms with Gasteiger partial charge in [0.05, 0.1) is 12.1 Å². The summed E-state index contributed by atoms with van der Waals surface area (Å²) in [5, 5.41) is 1.20. The van der Waals surface area contributed by atoms with Crippen LogP contribution in [-0.4, -0.2) is 9.55 Å². The van der Waals surface area contributed by atoms with Crippen LogP contribution < -0.4 is 5.43 Å². The first-order chi connectivity index (χ1) is 9.25. The Morgan fingerprint density at radius 2 is 1.95 bits per heavy atom. The Morgan fingerprint density at radius 1 is 1.11 bits per heavy atom. The molecule has 0 bridgehead atoms. The third-order valence-corrected chi connectivity index (χ3v) is 3.40. The Bertz CT molecular complexity index is 795. The van der Waals surface area contributed by atoms with Crippen molar-refractivity contribution in [1.29, 1.82) is 0 Å². The highest BCUT2D eigenvalue weighted by atomic mass is 35.5. The number of para-hydroxylation sites is 1. The predicted molar refractivity (Wildman–Crippen MR) is 76.6 cm³/mol. The highest BCUT2D eigenvalue weighted by Crippen LogP contribution is 2.16. The molecular weight excluding hydrogens is 260 g/mol. The van der Waals surface area contributed by atoms with Gasteiger partial charge in [0.15, 0.2) is 5.43 Å². The highest BCUT2D eigenvalue weighted by molar-refractivity contribution is 6.30. The average molecular weight is 271 g/mol. The number of hydrogen-bond donors (Lipinski definition) is 0. The molecule has 2 aromatic heterocycles. The summed E-state index contributed by atoms with van der Waals surface area (Å²) in [5.41, 5.74) is 1.86. The zero-order chi connectivity index (χ0) is 13.2. The van der Waals surface area contributed by atoms with Gasteiger partial charge in [-0.05, 0) is 18.2 Å². The zero-order valence-corrected chi connectivity index (χ0v) is 10.8. The molecule has 0 amide bonds. The smallest absolute Gasteiger partial charge is 0.189 e. The maximum atomic E-state index is 11.8. The molecule has 0 saturated carbocycles. The highest BCUT2D eigenvalue weighted by Gasteiger charge is 2.05. The number of aromatic nitrogens is 2. The van der Waals surface area contributed by atoms with Crippen LogP contribution in [0.2, 0.25) is 5.15 Å². The van der Waals surface area contributed by atoms with Gasteiger partial charge < -0.3 is 4.57 Å². The zero-order valence-electron chi connectivity index (χ0n) is 10.1. The molecule has 0 aliphatic rings. The molecule has 0 atom stereocenters. The maximum absolute atomic E-state index is 11.8. The van der Waals surface area contributed by atoms with Gasteiger partial charge >= 0.3 is 0 Å². The largest absolute Gasteiger partial charge is 0.343 e. The van der Waals surface area contributed by atoms with Gasteiger partial charge in [-0.3, -0.25) is 4.79 Å². The number of hydrogen-bond acceptors (Lipinski definition) is 2. The van der Waals surface area contributed by atoms with Crippen LogP contribution in [0.4, 0.5) is 0 Å². The van der Waals surface area contributed by atoms with Gasteiger partial charge in [0, 0.05) is 29.4 Å². The minimum Gasteiger partial charge on any atom is -0.343 e. The van der Waals surface area contributed by atoms with Crippen molar-refractivity contribution < 1.29 is 0 Å². The summed E-state index contributed by atoms with van der Waals surface area (Å²) >= 11 is 6.07. The van der Waals surface area contributed by atoms with Crippen LogP contribution in [0.15, 0.2) is 59.7 Å². The van der Waals surface area contributed by atoms with E-state index in [1.807, 2.05) is 41.0 Å².